The summed E-state index contributed by atoms with van der Waals surface area (Å²) in [6.45, 7) is 12.5. The van der Waals surface area contributed by atoms with Crippen LogP contribution in [0, 0.1) is 24.7 Å². The summed E-state index contributed by atoms with van der Waals surface area (Å²) in [5.41, 5.74) is 4.62. The minimum Gasteiger partial charge on any atom is -0.129 e. The van der Waals surface area contributed by atoms with Crippen molar-refractivity contribution < 1.29 is 0 Å². The normalized spacial score (nSPS) is 29.4. The zero-order valence-corrected chi connectivity index (χ0v) is 9.68. The molecule has 0 nitrogen and oxygen atoms in total. The molecule has 1 rings (SSSR count). The molecular formula is C14H23. The number of hydrogen-bond donors (Lipinski definition) is 0. The first-order chi connectivity index (χ1) is 6.70. The Morgan fingerprint density at radius 2 is 2.07 bits per heavy atom. The van der Waals surface area contributed by atoms with Gasteiger partial charge in [0.15, 0.2) is 0 Å². The lowest BCUT2D eigenvalue weighted by molar-refractivity contribution is 0.277. The van der Waals surface area contributed by atoms with Crippen molar-refractivity contribution in [3.05, 3.63) is 24.8 Å². The van der Waals surface area contributed by atoms with E-state index < -0.39 is 0 Å². The summed E-state index contributed by atoms with van der Waals surface area (Å²) in [6.07, 6.45) is 6.47. The quantitative estimate of drug-likeness (QED) is 0.581. The fraction of sp³-hybridized carbons (Fsp3) is 0.714. The average Bonchev–Trinajstić information content (AvgIpc) is 2.21. The fourth-order valence-corrected chi connectivity index (χ4v) is 2.60. The first-order valence-corrected chi connectivity index (χ1v) is 5.89. The molecule has 0 saturated heterocycles. The summed E-state index contributed by atoms with van der Waals surface area (Å²) < 4.78 is 0. The molecule has 79 valence electrons. The number of rotatable bonds is 3. The molecule has 0 bridgehead atoms. The van der Waals surface area contributed by atoms with Crippen molar-refractivity contribution in [1.29, 1.82) is 0 Å². The zero-order valence-electron chi connectivity index (χ0n) is 9.68. The second-order valence-electron chi connectivity index (χ2n) is 4.69. The van der Waals surface area contributed by atoms with Crippen molar-refractivity contribution >= 4 is 0 Å². The van der Waals surface area contributed by atoms with Crippen LogP contribution in [0.3, 0.4) is 0 Å². The third-order valence-corrected chi connectivity index (χ3v) is 3.68. The van der Waals surface area contributed by atoms with E-state index in [2.05, 4.69) is 33.1 Å². The Balaban J connectivity index is 2.73. The van der Waals surface area contributed by atoms with Gasteiger partial charge in [0, 0.05) is 0 Å². The SMILES string of the molecule is [CH2]CC(C)C(=C=C)C1CCCCC1C. The van der Waals surface area contributed by atoms with Gasteiger partial charge in [-0.05, 0) is 36.2 Å². The zero-order chi connectivity index (χ0) is 10.6. The second kappa shape index (κ2) is 5.41. The fourth-order valence-electron chi connectivity index (χ4n) is 2.60. The van der Waals surface area contributed by atoms with Crippen LogP contribution in [0.4, 0.5) is 0 Å². The Kier molecular flexibility index (Phi) is 4.48. The topological polar surface area (TPSA) is 0 Å². The van der Waals surface area contributed by atoms with Crippen molar-refractivity contribution in [3.63, 3.8) is 0 Å². The van der Waals surface area contributed by atoms with Gasteiger partial charge in [-0.25, -0.2) is 0 Å². The highest BCUT2D eigenvalue weighted by Gasteiger charge is 2.26. The van der Waals surface area contributed by atoms with E-state index in [1.165, 1.54) is 31.3 Å². The Morgan fingerprint density at radius 1 is 1.43 bits per heavy atom. The lowest BCUT2D eigenvalue weighted by Crippen LogP contribution is -2.21. The average molecular weight is 191 g/mol. The van der Waals surface area contributed by atoms with Crippen molar-refractivity contribution in [2.24, 2.45) is 17.8 Å². The van der Waals surface area contributed by atoms with Gasteiger partial charge < -0.3 is 0 Å². The van der Waals surface area contributed by atoms with Crippen LogP contribution in [-0.4, -0.2) is 0 Å². The molecule has 1 aliphatic carbocycles. The van der Waals surface area contributed by atoms with Crippen LogP contribution in [0.1, 0.15) is 46.0 Å². The monoisotopic (exact) mass is 191 g/mol. The van der Waals surface area contributed by atoms with Crippen LogP contribution in [0.2, 0.25) is 0 Å². The van der Waals surface area contributed by atoms with Gasteiger partial charge in [-0.15, -0.1) is 5.73 Å². The highest BCUT2D eigenvalue weighted by molar-refractivity contribution is 5.10. The van der Waals surface area contributed by atoms with Crippen LogP contribution in [0.5, 0.6) is 0 Å². The van der Waals surface area contributed by atoms with E-state index in [1.54, 1.807) is 0 Å². The predicted molar refractivity (Wildman–Crippen MR) is 62.9 cm³/mol. The largest absolute Gasteiger partial charge is 0.129 e. The third-order valence-electron chi connectivity index (χ3n) is 3.68. The summed E-state index contributed by atoms with van der Waals surface area (Å²) in [6, 6.07) is 0. The smallest absolute Gasteiger partial charge is 0.00989 e. The molecule has 0 aromatic rings. The Morgan fingerprint density at radius 3 is 2.57 bits per heavy atom. The highest BCUT2D eigenvalue weighted by Crippen LogP contribution is 2.37. The summed E-state index contributed by atoms with van der Waals surface area (Å²) in [5.74, 6) is 2.12. The molecule has 0 heteroatoms. The van der Waals surface area contributed by atoms with Crippen molar-refractivity contribution in [1.82, 2.24) is 0 Å². The molecule has 0 N–H and O–H groups in total. The van der Waals surface area contributed by atoms with E-state index in [-0.39, 0.29) is 0 Å². The summed E-state index contributed by atoms with van der Waals surface area (Å²) in [7, 11) is 0. The van der Waals surface area contributed by atoms with E-state index in [9.17, 15) is 0 Å². The molecular weight excluding hydrogens is 168 g/mol. The van der Waals surface area contributed by atoms with Crippen molar-refractivity contribution in [2.75, 3.05) is 0 Å². The van der Waals surface area contributed by atoms with E-state index in [1.807, 2.05) is 0 Å². The predicted octanol–water partition coefficient (Wildman–Crippen LogP) is 4.38. The molecule has 0 heterocycles. The lowest BCUT2D eigenvalue weighted by Gasteiger charge is -2.32. The van der Waals surface area contributed by atoms with E-state index in [4.69, 9.17) is 0 Å². The van der Waals surface area contributed by atoms with Crippen LogP contribution in [-0.2, 0) is 0 Å². The van der Waals surface area contributed by atoms with E-state index in [0.717, 1.165) is 18.3 Å². The first-order valence-electron chi connectivity index (χ1n) is 5.89. The van der Waals surface area contributed by atoms with Gasteiger partial charge in [0.05, 0.1) is 0 Å². The first kappa shape index (κ1) is 11.6. The van der Waals surface area contributed by atoms with Crippen LogP contribution < -0.4 is 0 Å². The molecule has 0 aromatic carbocycles. The van der Waals surface area contributed by atoms with Gasteiger partial charge in [-0.3, -0.25) is 0 Å². The van der Waals surface area contributed by atoms with Gasteiger partial charge in [0.1, 0.15) is 0 Å². The summed E-state index contributed by atoms with van der Waals surface area (Å²) in [4.78, 5) is 0. The minimum atomic E-state index is 0.568. The molecule has 0 aromatic heterocycles. The number of hydrogen-bond acceptors (Lipinski definition) is 0. The maximum Gasteiger partial charge on any atom is -0.00989 e. The van der Waals surface area contributed by atoms with Crippen LogP contribution in [0.15, 0.2) is 17.9 Å². The Hall–Kier alpha value is -0.480. The third kappa shape index (κ3) is 2.51. The molecule has 14 heavy (non-hydrogen) atoms. The van der Waals surface area contributed by atoms with E-state index in [0.29, 0.717) is 5.92 Å². The molecule has 3 unspecified atom stereocenters. The lowest BCUT2D eigenvalue weighted by atomic mass is 9.73. The maximum atomic E-state index is 3.99. The Bertz CT molecular complexity index is 220. The summed E-state index contributed by atoms with van der Waals surface area (Å²) in [5, 5.41) is 0. The van der Waals surface area contributed by atoms with Gasteiger partial charge in [0.2, 0.25) is 0 Å². The minimum absolute atomic E-state index is 0.568. The van der Waals surface area contributed by atoms with Gasteiger partial charge in [-0.1, -0.05) is 46.6 Å². The molecule has 1 aliphatic rings. The van der Waals surface area contributed by atoms with Crippen LogP contribution in [0.25, 0.3) is 0 Å². The molecule has 1 fully saturated rings. The van der Waals surface area contributed by atoms with Crippen molar-refractivity contribution in [3.8, 4) is 0 Å². The highest BCUT2D eigenvalue weighted by atomic mass is 14.3. The van der Waals surface area contributed by atoms with E-state index >= 15 is 0 Å². The molecule has 0 amide bonds. The molecule has 1 radical (unpaired) electrons. The van der Waals surface area contributed by atoms with Crippen molar-refractivity contribution in [2.45, 2.75) is 46.0 Å². The molecule has 1 saturated carbocycles. The van der Waals surface area contributed by atoms with Gasteiger partial charge in [0.25, 0.3) is 0 Å². The maximum absolute atomic E-state index is 3.99. The van der Waals surface area contributed by atoms with Gasteiger partial charge >= 0.3 is 0 Å². The number of allylic oxidation sites excluding steroid dienone is 1. The Labute approximate surface area is 89.1 Å². The molecule has 3 atom stereocenters. The molecule has 0 spiro atoms. The molecule has 0 aliphatic heterocycles. The second-order valence-corrected chi connectivity index (χ2v) is 4.69. The van der Waals surface area contributed by atoms with Crippen LogP contribution >= 0.6 is 0 Å². The summed E-state index contributed by atoms with van der Waals surface area (Å²) >= 11 is 0. The van der Waals surface area contributed by atoms with Gasteiger partial charge in [-0.2, -0.15) is 0 Å². The standard InChI is InChI=1S/C14H23/c1-5-11(3)13(6-2)14-10-8-7-9-12(14)4/h11-12,14H,1-2,5,7-10H2,3-4H3.